The highest BCUT2D eigenvalue weighted by atomic mass is 16.1. The molecule has 3 heterocycles. The Morgan fingerprint density at radius 2 is 2.05 bits per heavy atom. The fourth-order valence-electron chi connectivity index (χ4n) is 2.40. The molecule has 1 aliphatic heterocycles. The number of hydrogen-bond acceptors (Lipinski definition) is 3. The molecule has 1 aromatic carbocycles. The van der Waals surface area contributed by atoms with Crippen molar-refractivity contribution in [3.63, 3.8) is 0 Å². The maximum atomic E-state index is 12.0. The van der Waals surface area contributed by atoms with Gasteiger partial charge in [-0.25, -0.2) is 4.98 Å². The van der Waals surface area contributed by atoms with Gasteiger partial charge in [-0.2, -0.15) is 0 Å². The van der Waals surface area contributed by atoms with E-state index in [9.17, 15) is 4.79 Å². The first-order valence-corrected chi connectivity index (χ1v) is 6.48. The molecule has 2 aromatic heterocycles. The monoisotopic (exact) mass is 277 g/mol. The van der Waals surface area contributed by atoms with Crippen molar-refractivity contribution >= 4 is 23.6 Å². The highest BCUT2D eigenvalue weighted by Gasteiger charge is 2.16. The fraction of sp³-hybridized carbons (Fsp3) is 0. The quantitative estimate of drug-likeness (QED) is 0.671. The Hall–Kier alpha value is -3.15. The van der Waals surface area contributed by atoms with Gasteiger partial charge in [-0.05, 0) is 12.1 Å². The predicted octanol–water partition coefficient (Wildman–Crippen LogP) is 2.35. The number of imidazole rings is 1. The van der Waals surface area contributed by atoms with Gasteiger partial charge in [0.1, 0.15) is 5.69 Å². The molecule has 0 atom stereocenters. The van der Waals surface area contributed by atoms with Crippen LogP contribution >= 0.6 is 0 Å². The van der Waals surface area contributed by atoms with Gasteiger partial charge < -0.3 is 4.98 Å². The molecule has 0 saturated carbocycles. The van der Waals surface area contributed by atoms with Gasteiger partial charge in [-0.3, -0.25) is 20.0 Å². The minimum absolute atomic E-state index is 0.188. The molecule has 0 saturated heterocycles. The van der Waals surface area contributed by atoms with Crippen LogP contribution in [0, 0.1) is 0 Å². The first-order valence-electron chi connectivity index (χ1n) is 6.48. The lowest BCUT2D eigenvalue weighted by atomic mass is 10.0. The zero-order valence-electron chi connectivity index (χ0n) is 10.9. The smallest absolute Gasteiger partial charge is 0.271 e. The number of fused-ring (bicyclic) bond motifs is 1. The van der Waals surface area contributed by atoms with Gasteiger partial charge in [0.25, 0.3) is 5.56 Å². The van der Waals surface area contributed by atoms with Crippen LogP contribution in [0.15, 0.2) is 46.4 Å². The summed E-state index contributed by atoms with van der Waals surface area (Å²) in [6.07, 6.45) is 6.94. The molecule has 0 unspecified atom stereocenters. The molecule has 0 aliphatic carbocycles. The zero-order valence-corrected chi connectivity index (χ0v) is 10.9. The van der Waals surface area contributed by atoms with Crippen LogP contribution in [0.25, 0.3) is 23.2 Å². The van der Waals surface area contributed by atoms with Gasteiger partial charge in [0.05, 0.1) is 11.3 Å². The van der Waals surface area contributed by atoms with E-state index in [1.807, 2.05) is 30.3 Å². The van der Waals surface area contributed by atoms with Crippen LogP contribution in [-0.4, -0.2) is 26.4 Å². The van der Waals surface area contributed by atoms with Gasteiger partial charge in [0.15, 0.2) is 5.82 Å². The Morgan fingerprint density at radius 1 is 1.14 bits per heavy atom. The van der Waals surface area contributed by atoms with Gasteiger partial charge in [0, 0.05) is 29.7 Å². The van der Waals surface area contributed by atoms with Crippen molar-refractivity contribution in [2.75, 3.05) is 0 Å². The standard InChI is InChI=1S/C15H11N5O/c21-15-11(13(19-20-15)14-16-5-6-17-14)7-9-8-18-12-4-2-1-3-10(9)12/h1-8H,(H,16,17)(H2,19,20,21)/b9-7-. The molecule has 0 bridgehead atoms. The topological polar surface area (TPSA) is 89.7 Å². The summed E-state index contributed by atoms with van der Waals surface area (Å²) in [7, 11) is 0. The van der Waals surface area contributed by atoms with E-state index >= 15 is 0 Å². The molecule has 6 nitrogen and oxygen atoms in total. The number of nitrogens with one attached hydrogen (secondary N) is 3. The molecule has 0 fully saturated rings. The van der Waals surface area contributed by atoms with Crippen molar-refractivity contribution in [1.82, 2.24) is 20.2 Å². The van der Waals surface area contributed by atoms with E-state index < -0.39 is 0 Å². The normalized spacial score (nSPS) is 14.8. The second kappa shape index (κ2) is 4.45. The number of benzene rings is 1. The lowest BCUT2D eigenvalue weighted by Crippen LogP contribution is -2.02. The van der Waals surface area contributed by atoms with Crippen molar-refractivity contribution in [2.24, 2.45) is 4.99 Å². The predicted molar refractivity (Wildman–Crippen MR) is 81.5 cm³/mol. The molecule has 102 valence electrons. The third kappa shape index (κ3) is 1.85. The van der Waals surface area contributed by atoms with E-state index in [1.54, 1.807) is 18.6 Å². The molecule has 0 spiro atoms. The molecular weight excluding hydrogens is 266 g/mol. The Bertz CT molecular complexity index is 912. The average molecular weight is 277 g/mol. The van der Waals surface area contributed by atoms with Gasteiger partial charge in [-0.1, -0.05) is 18.2 Å². The molecule has 1 aliphatic rings. The third-order valence-corrected chi connectivity index (χ3v) is 3.41. The van der Waals surface area contributed by atoms with E-state index in [-0.39, 0.29) is 5.56 Å². The van der Waals surface area contributed by atoms with Crippen LogP contribution in [0.5, 0.6) is 0 Å². The van der Waals surface area contributed by atoms with Crippen LogP contribution < -0.4 is 5.56 Å². The maximum Gasteiger partial charge on any atom is 0.271 e. The summed E-state index contributed by atoms with van der Waals surface area (Å²) in [6, 6.07) is 7.83. The number of aromatic nitrogens is 4. The van der Waals surface area contributed by atoms with E-state index in [4.69, 9.17) is 0 Å². The highest BCUT2D eigenvalue weighted by Crippen LogP contribution is 2.32. The number of aliphatic imine (C=N–C) groups is 1. The molecule has 4 rings (SSSR count). The lowest BCUT2D eigenvalue weighted by Gasteiger charge is -1.99. The van der Waals surface area contributed by atoms with Crippen LogP contribution in [0.4, 0.5) is 5.69 Å². The average Bonchev–Trinajstić information content (AvgIpc) is 3.21. The second-order valence-corrected chi connectivity index (χ2v) is 4.68. The van der Waals surface area contributed by atoms with Crippen LogP contribution in [0.2, 0.25) is 0 Å². The molecular formula is C15H11N5O. The van der Waals surface area contributed by atoms with Crippen LogP contribution in [0.1, 0.15) is 11.1 Å². The number of H-pyrrole nitrogens is 3. The molecule has 0 amide bonds. The van der Waals surface area contributed by atoms with E-state index in [1.165, 1.54) is 0 Å². The molecule has 21 heavy (non-hydrogen) atoms. The van der Waals surface area contributed by atoms with Gasteiger partial charge in [-0.15, -0.1) is 0 Å². The summed E-state index contributed by atoms with van der Waals surface area (Å²) in [4.78, 5) is 23.5. The number of allylic oxidation sites excluding steroid dienone is 1. The van der Waals surface area contributed by atoms with Crippen molar-refractivity contribution in [2.45, 2.75) is 0 Å². The Kier molecular flexibility index (Phi) is 2.47. The van der Waals surface area contributed by atoms with E-state index in [0.717, 1.165) is 16.8 Å². The fourth-order valence-corrected chi connectivity index (χ4v) is 2.40. The number of para-hydroxylation sites is 1. The molecule has 6 heteroatoms. The summed E-state index contributed by atoms with van der Waals surface area (Å²) >= 11 is 0. The summed E-state index contributed by atoms with van der Waals surface area (Å²) < 4.78 is 0. The second-order valence-electron chi connectivity index (χ2n) is 4.68. The number of hydrogen-bond donors (Lipinski definition) is 3. The molecule has 3 N–H and O–H groups in total. The summed E-state index contributed by atoms with van der Waals surface area (Å²) in [5.41, 5.74) is 3.81. The first kappa shape index (κ1) is 11.7. The molecule has 3 aromatic rings. The summed E-state index contributed by atoms with van der Waals surface area (Å²) in [5, 5.41) is 5.45. The SMILES string of the molecule is O=c1[nH][nH]c(-c2ncc[nH]2)c1/C=C1/C=Nc2ccccc21. The summed E-state index contributed by atoms with van der Waals surface area (Å²) in [5.74, 6) is 0.614. The zero-order chi connectivity index (χ0) is 14.2. The lowest BCUT2D eigenvalue weighted by molar-refractivity contribution is 1.05. The molecule has 0 radical (unpaired) electrons. The van der Waals surface area contributed by atoms with Gasteiger partial charge >= 0.3 is 0 Å². The van der Waals surface area contributed by atoms with Crippen LogP contribution in [0.3, 0.4) is 0 Å². The van der Waals surface area contributed by atoms with Crippen molar-refractivity contribution < 1.29 is 0 Å². The Balaban J connectivity index is 1.87. The number of aromatic amines is 3. The third-order valence-electron chi connectivity index (χ3n) is 3.41. The van der Waals surface area contributed by atoms with Crippen LogP contribution in [-0.2, 0) is 0 Å². The minimum Gasteiger partial charge on any atom is -0.343 e. The van der Waals surface area contributed by atoms with E-state index in [2.05, 4.69) is 25.2 Å². The van der Waals surface area contributed by atoms with E-state index in [0.29, 0.717) is 17.1 Å². The number of rotatable bonds is 2. The summed E-state index contributed by atoms with van der Waals surface area (Å²) in [6.45, 7) is 0. The Morgan fingerprint density at radius 3 is 2.90 bits per heavy atom. The van der Waals surface area contributed by atoms with Gasteiger partial charge in [0.2, 0.25) is 0 Å². The largest absolute Gasteiger partial charge is 0.343 e. The number of nitrogens with zero attached hydrogens (tertiary/aromatic N) is 2. The van der Waals surface area contributed by atoms with Crippen molar-refractivity contribution in [3.8, 4) is 11.5 Å². The first-order chi connectivity index (χ1) is 10.3. The minimum atomic E-state index is -0.188. The Labute approximate surface area is 119 Å². The van der Waals surface area contributed by atoms with Crippen molar-refractivity contribution in [1.29, 1.82) is 0 Å². The maximum absolute atomic E-state index is 12.0. The highest BCUT2D eigenvalue weighted by molar-refractivity contribution is 6.21. The van der Waals surface area contributed by atoms with Crippen molar-refractivity contribution in [3.05, 3.63) is 58.1 Å².